The third kappa shape index (κ3) is 4.39. The van der Waals surface area contributed by atoms with Crippen molar-refractivity contribution in [1.29, 1.82) is 0 Å². The summed E-state index contributed by atoms with van der Waals surface area (Å²) in [5.74, 6) is -0.131. The highest BCUT2D eigenvalue weighted by atomic mass is 16.5. The van der Waals surface area contributed by atoms with Gasteiger partial charge in [-0.15, -0.1) is 0 Å². The highest BCUT2D eigenvalue weighted by Gasteiger charge is 2.30. The van der Waals surface area contributed by atoms with Crippen molar-refractivity contribution in [2.75, 3.05) is 32.1 Å². The Morgan fingerprint density at radius 2 is 2.00 bits per heavy atom. The van der Waals surface area contributed by atoms with Crippen molar-refractivity contribution in [3.05, 3.63) is 78.4 Å². The SMILES string of the molecule is COCCC(=O)Nc1ccccc1C(=O)N1CCC(c2cc3c(-c4cnn5ncccc45)ccnc3[nH]2)C1. The van der Waals surface area contributed by atoms with Crippen molar-refractivity contribution in [2.45, 2.75) is 18.8 Å². The molecule has 2 N–H and O–H groups in total. The molecule has 0 saturated carbocycles. The van der Waals surface area contributed by atoms with Gasteiger partial charge in [-0.1, -0.05) is 12.1 Å². The minimum Gasteiger partial charge on any atom is -0.384 e. The standard InChI is InChI=1S/C28H27N7O3/c1-38-14-10-26(36)32-23-6-3-2-5-20(23)28(37)34-13-9-18(17-34)24-15-21-19(8-12-29-27(21)33-24)22-16-31-35-25(22)7-4-11-30-35/h2-8,11-12,15-16,18H,9-10,13-14,17H2,1H3,(H,29,33)(H,32,36). The Morgan fingerprint density at radius 3 is 2.89 bits per heavy atom. The first-order valence-corrected chi connectivity index (χ1v) is 12.6. The van der Waals surface area contributed by atoms with Gasteiger partial charge in [-0.3, -0.25) is 9.59 Å². The number of amides is 2. The van der Waals surface area contributed by atoms with Crippen LogP contribution in [0.2, 0.25) is 0 Å². The van der Waals surface area contributed by atoms with Gasteiger partial charge in [0.2, 0.25) is 5.91 Å². The summed E-state index contributed by atoms with van der Waals surface area (Å²) in [5.41, 5.74) is 5.80. The Morgan fingerprint density at radius 1 is 1.11 bits per heavy atom. The van der Waals surface area contributed by atoms with E-state index in [4.69, 9.17) is 4.74 Å². The number of para-hydroxylation sites is 1. The van der Waals surface area contributed by atoms with E-state index in [2.05, 4.69) is 31.5 Å². The number of nitrogens with one attached hydrogen (secondary N) is 2. The minimum atomic E-state index is -0.185. The van der Waals surface area contributed by atoms with E-state index in [1.165, 1.54) is 0 Å². The molecule has 1 atom stereocenters. The molecular weight excluding hydrogens is 482 g/mol. The second kappa shape index (κ2) is 10.1. The lowest BCUT2D eigenvalue weighted by atomic mass is 10.0. The van der Waals surface area contributed by atoms with E-state index in [9.17, 15) is 9.59 Å². The molecule has 10 heteroatoms. The fourth-order valence-corrected chi connectivity index (χ4v) is 5.10. The monoisotopic (exact) mass is 509 g/mol. The summed E-state index contributed by atoms with van der Waals surface area (Å²) in [7, 11) is 1.55. The molecule has 4 aromatic heterocycles. The predicted molar refractivity (Wildman–Crippen MR) is 143 cm³/mol. The largest absolute Gasteiger partial charge is 0.384 e. The molecule has 10 nitrogen and oxygen atoms in total. The first kappa shape index (κ1) is 23.8. The summed E-state index contributed by atoms with van der Waals surface area (Å²) in [4.78, 5) is 35.6. The van der Waals surface area contributed by atoms with E-state index >= 15 is 0 Å². The Hall–Kier alpha value is -4.57. The van der Waals surface area contributed by atoms with Crippen LogP contribution >= 0.6 is 0 Å². The number of H-pyrrole nitrogens is 1. The lowest BCUT2D eigenvalue weighted by Crippen LogP contribution is -2.29. The molecule has 1 aliphatic heterocycles. The molecule has 0 spiro atoms. The first-order valence-electron chi connectivity index (χ1n) is 12.6. The average Bonchev–Trinajstić information content (AvgIpc) is 3.69. The molecule has 0 aliphatic carbocycles. The summed E-state index contributed by atoms with van der Waals surface area (Å²) in [6, 6.07) is 15.2. The molecule has 0 bridgehead atoms. The molecule has 5 heterocycles. The third-order valence-corrected chi connectivity index (χ3v) is 7.03. The smallest absolute Gasteiger partial charge is 0.255 e. The van der Waals surface area contributed by atoms with Gasteiger partial charge in [0, 0.05) is 55.2 Å². The number of hydrogen-bond donors (Lipinski definition) is 2. The summed E-state index contributed by atoms with van der Waals surface area (Å²) in [6.45, 7) is 1.53. The summed E-state index contributed by atoms with van der Waals surface area (Å²) >= 11 is 0. The highest BCUT2D eigenvalue weighted by molar-refractivity contribution is 6.04. The lowest BCUT2D eigenvalue weighted by Gasteiger charge is -2.19. The maximum absolute atomic E-state index is 13.5. The van der Waals surface area contributed by atoms with Crippen LogP contribution in [0.15, 0.2) is 67.1 Å². The van der Waals surface area contributed by atoms with Crippen molar-refractivity contribution >= 4 is 34.1 Å². The topological polar surface area (TPSA) is 118 Å². The molecule has 1 fully saturated rings. The molecule has 1 aromatic carbocycles. The van der Waals surface area contributed by atoms with Crippen LogP contribution in [0.3, 0.4) is 0 Å². The summed E-state index contributed by atoms with van der Waals surface area (Å²) in [5, 5.41) is 12.5. The van der Waals surface area contributed by atoms with Crippen molar-refractivity contribution in [3.63, 3.8) is 0 Å². The van der Waals surface area contributed by atoms with Crippen molar-refractivity contribution in [1.82, 2.24) is 29.7 Å². The molecule has 1 aliphatic rings. The summed E-state index contributed by atoms with van der Waals surface area (Å²) < 4.78 is 6.60. The molecule has 0 radical (unpaired) electrons. The number of fused-ring (bicyclic) bond motifs is 2. The zero-order valence-corrected chi connectivity index (χ0v) is 20.9. The number of hydrogen-bond acceptors (Lipinski definition) is 6. The molecule has 192 valence electrons. The van der Waals surface area contributed by atoms with Crippen molar-refractivity contribution < 1.29 is 14.3 Å². The van der Waals surface area contributed by atoms with E-state index < -0.39 is 0 Å². The van der Waals surface area contributed by atoms with E-state index in [0.29, 0.717) is 30.9 Å². The number of ether oxygens (including phenoxy) is 1. The van der Waals surface area contributed by atoms with Crippen LogP contribution in [-0.2, 0) is 9.53 Å². The van der Waals surface area contributed by atoms with Crippen LogP contribution in [0.5, 0.6) is 0 Å². The number of anilines is 1. The fourth-order valence-electron chi connectivity index (χ4n) is 5.10. The minimum absolute atomic E-state index is 0.0936. The van der Waals surface area contributed by atoms with Crippen LogP contribution in [0.4, 0.5) is 5.69 Å². The Labute approximate surface area is 218 Å². The number of methoxy groups -OCH3 is 1. The Bertz CT molecular complexity index is 1640. The van der Waals surface area contributed by atoms with Gasteiger partial charge in [-0.05, 0) is 48.4 Å². The van der Waals surface area contributed by atoms with Gasteiger partial charge in [0.25, 0.3) is 5.91 Å². The van der Waals surface area contributed by atoms with Crippen LogP contribution in [0, 0.1) is 0 Å². The second-order valence-electron chi connectivity index (χ2n) is 9.38. The third-order valence-electron chi connectivity index (χ3n) is 7.03. The molecule has 38 heavy (non-hydrogen) atoms. The van der Waals surface area contributed by atoms with Crippen molar-refractivity contribution in [3.8, 4) is 11.1 Å². The normalized spacial score (nSPS) is 15.4. The van der Waals surface area contributed by atoms with Gasteiger partial charge in [0.05, 0.1) is 36.0 Å². The lowest BCUT2D eigenvalue weighted by molar-refractivity contribution is -0.117. The number of rotatable bonds is 7. The van der Waals surface area contributed by atoms with Gasteiger partial charge >= 0.3 is 0 Å². The van der Waals surface area contributed by atoms with Gasteiger partial charge < -0.3 is 19.9 Å². The number of benzene rings is 1. The van der Waals surface area contributed by atoms with Crippen LogP contribution < -0.4 is 5.32 Å². The number of carbonyl (C=O) groups excluding carboxylic acids is 2. The van der Waals surface area contributed by atoms with Gasteiger partial charge in [-0.25, -0.2) is 4.98 Å². The van der Waals surface area contributed by atoms with Crippen LogP contribution in [0.25, 0.3) is 27.7 Å². The van der Waals surface area contributed by atoms with Crippen molar-refractivity contribution in [2.24, 2.45) is 0 Å². The molecule has 6 rings (SSSR count). The maximum Gasteiger partial charge on any atom is 0.255 e. The van der Waals surface area contributed by atoms with Gasteiger partial charge in [-0.2, -0.15) is 14.8 Å². The van der Waals surface area contributed by atoms with E-state index in [1.54, 1.807) is 36.3 Å². The number of carbonyl (C=O) groups is 2. The number of nitrogens with zero attached hydrogens (tertiary/aromatic N) is 5. The number of likely N-dealkylation sites (tertiary alicyclic amines) is 1. The molecule has 2 amide bonds. The van der Waals surface area contributed by atoms with E-state index in [1.807, 2.05) is 41.4 Å². The zero-order chi connectivity index (χ0) is 26.1. The molecule has 1 unspecified atom stereocenters. The average molecular weight is 510 g/mol. The Kier molecular flexibility index (Phi) is 6.30. The molecular formula is C28H27N7O3. The van der Waals surface area contributed by atoms with Crippen LogP contribution in [0.1, 0.15) is 34.8 Å². The molecule has 1 saturated heterocycles. The number of aromatic nitrogens is 5. The van der Waals surface area contributed by atoms with Gasteiger partial charge in [0.15, 0.2) is 0 Å². The van der Waals surface area contributed by atoms with Gasteiger partial charge in [0.1, 0.15) is 5.65 Å². The Balaban J connectivity index is 1.23. The second-order valence-corrected chi connectivity index (χ2v) is 9.38. The number of aromatic amines is 1. The van der Waals surface area contributed by atoms with E-state index in [-0.39, 0.29) is 24.2 Å². The fraction of sp³-hybridized carbons (Fsp3) is 0.250. The first-order chi connectivity index (χ1) is 18.6. The molecule has 5 aromatic rings. The van der Waals surface area contributed by atoms with Crippen LogP contribution in [-0.4, -0.2) is 68.3 Å². The number of pyridine rings is 1. The zero-order valence-electron chi connectivity index (χ0n) is 20.9. The van der Waals surface area contributed by atoms with E-state index in [0.717, 1.165) is 39.8 Å². The maximum atomic E-state index is 13.5. The quantitative estimate of drug-likeness (QED) is 0.344. The highest BCUT2D eigenvalue weighted by Crippen LogP contribution is 2.35. The summed E-state index contributed by atoms with van der Waals surface area (Å²) in [6.07, 6.45) is 6.39. The predicted octanol–water partition coefficient (Wildman–Crippen LogP) is 3.88.